The van der Waals surface area contributed by atoms with Crippen molar-refractivity contribution in [3.8, 4) is 11.5 Å². The molecule has 2 atom stereocenters. The van der Waals surface area contributed by atoms with Crippen LogP contribution >= 0.6 is 11.6 Å². The maximum absolute atomic E-state index is 14.6. The van der Waals surface area contributed by atoms with E-state index < -0.39 is 28.5 Å². The minimum absolute atomic E-state index is 0.0177. The van der Waals surface area contributed by atoms with Crippen molar-refractivity contribution in [3.63, 3.8) is 0 Å². The van der Waals surface area contributed by atoms with Gasteiger partial charge >= 0.3 is 0 Å². The molecule has 4 aromatic carbocycles. The van der Waals surface area contributed by atoms with Gasteiger partial charge in [0.25, 0.3) is 10.0 Å². The van der Waals surface area contributed by atoms with E-state index in [0.717, 1.165) is 9.87 Å². The van der Waals surface area contributed by atoms with Gasteiger partial charge in [-0.25, -0.2) is 8.42 Å². The lowest BCUT2D eigenvalue weighted by Crippen LogP contribution is -2.54. The molecule has 0 saturated carbocycles. The Morgan fingerprint density at radius 2 is 1.47 bits per heavy atom. The Morgan fingerprint density at radius 3 is 2.09 bits per heavy atom. The Bertz CT molecular complexity index is 1760. The second-order valence-electron chi connectivity index (χ2n) is 11.0. The summed E-state index contributed by atoms with van der Waals surface area (Å²) < 4.78 is 40.3. The zero-order chi connectivity index (χ0) is 34.0. The normalized spacial score (nSPS) is 12.4. The number of anilines is 1. The fourth-order valence-electron chi connectivity index (χ4n) is 5.05. The van der Waals surface area contributed by atoms with Crippen LogP contribution in [0.5, 0.6) is 11.5 Å². The molecule has 9 nitrogen and oxygen atoms in total. The highest BCUT2D eigenvalue weighted by molar-refractivity contribution is 7.92. The SMILES string of the molecule is CC[C@H](C)NC(=O)[C@@H](Cc1ccccc1)N(Cc1cccc(Cl)c1)C(=O)CN(c1ccccc1)S(=O)(=O)c1ccc(OC)c(OC)c1. The van der Waals surface area contributed by atoms with Gasteiger partial charge in [0.2, 0.25) is 11.8 Å². The summed E-state index contributed by atoms with van der Waals surface area (Å²) in [6.45, 7) is 3.29. The van der Waals surface area contributed by atoms with E-state index in [9.17, 15) is 18.0 Å². The first kappa shape index (κ1) is 35.3. The molecule has 0 unspecified atom stereocenters. The van der Waals surface area contributed by atoms with Gasteiger partial charge in [-0.2, -0.15) is 0 Å². The number of ether oxygens (including phenoxy) is 2. The largest absolute Gasteiger partial charge is 0.493 e. The van der Waals surface area contributed by atoms with Crippen LogP contribution < -0.4 is 19.1 Å². The molecule has 2 amide bonds. The van der Waals surface area contributed by atoms with Gasteiger partial charge in [-0.15, -0.1) is 0 Å². The molecule has 0 aliphatic heterocycles. The van der Waals surface area contributed by atoms with Crippen molar-refractivity contribution in [3.05, 3.63) is 119 Å². The van der Waals surface area contributed by atoms with Crippen molar-refractivity contribution in [1.82, 2.24) is 10.2 Å². The standard InChI is InChI=1S/C36H40ClN3O6S/c1-5-26(2)38-36(42)32(22-27-13-8-6-9-14-27)39(24-28-15-12-16-29(37)21-28)35(41)25-40(30-17-10-7-11-18-30)47(43,44)31-19-20-33(45-3)34(23-31)46-4/h6-21,23,26,32H,5,22,24-25H2,1-4H3,(H,38,42)/t26-,32+/m0/s1. The number of nitrogens with zero attached hydrogens (tertiary/aromatic N) is 2. The molecule has 0 aliphatic rings. The summed E-state index contributed by atoms with van der Waals surface area (Å²) in [7, 11) is -1.45. The fourth-order valence-corrected chi connectivity index (χ4v) is 6.70. The van der Waals surface area contributed by atoms with Crippen LogP contribution in [0.2, 0.25) is 5.02 Å². The Balaban J connectivity index is 1.81. The smallest absolute Gasteiger partial charge is 0.264 e. The molecule has 248 valence electrons. The van der Waals surface area contributed by atoms with Crippen molar-refractivity contribution < 1.29 is 27.5 Å². The molecule has 0 aromatic heterocycles. The van der Waals surface area contributed by atoms with Crippen molar-refractivity contribution in [2.45, 2.75) is 50.2 Å². The number of hydrogen-bond acceptors (Lipinski definition) is 6. The van der Waals surface area contributed by atoms with Gasteiger partial charge < -0.3 is 19.7 Å². The van der Waals surface area contributed by atoms with Crippen molar-refractivity contribution in [2.75, 3.05) is 25.1 Å². The van der Waals surface area contributed by atoms with Crippen LogP contribution in [0.1, 0.15) is 31.4 Å². The lowest BCUT2D eigenvalue weighted by Gasteiger charge is -2.34. The van der Waals surface area contributed by atoms with Gasteiger partial charge in [-0.3, -0.25) is 13.9 Å². The number of carbonyl (C=O) groups is 2. The van der Waals surface area contributed by atoms with Crippen LogP contribution in [0.3, 0.4) is 0 Å². The van der Waals surface area contributed by atoms with Gasteiger partial charge in [0.15, 0.2) is 11.5 Å². The van der Waals surface area contributed by atoms with Gasteiger partial charge in [0, 0.05) is 30.1 Å². The van der Waals surface area contributed by atoms with Crippen molar-refractivity contribution in [2.24, 2.45) is 0 Å². The second kappa shape index (κ2) is 16.3. The third-order valence-electron chi connectivity index (χ3n) is 7.78. The Hall–Kier alpha value is -4.54. The Kier molecular flexibility index (Phi) is 12.3. The summed E-state index contributed by atoms with van der Waals surface area (Å²) in [5.41, 5.74) is 1.81. The number of nitrogens with one attached hydrogen (secondary N) is 1. The minimum Gasteiger partial charge on any atom is -0.493 e. The number of benzene rings is 4. The highest BCUT2D eigenvalue weighted by Gasteiger charge is 2.35. The molecule has 0 bridgehead atoms. The molecule has 0 saturated heterocycles. The summed E-state index contributed by atoms with van der Waals surface area (Å²) in [6, 6.07) is 28.0. The number of carbonyl (C=O) groups excluding carboxylic acids is 2. The zero-order valence-electron chi connectivity index (χ0n) is 26.9. The molecule has 0 heterocycles. The van der Waals surface area contributed by atoms with E-state index in [1.54, 1.807) is 48.5 Å². The maximum atomic E-state index is 14.6. The highest BCUT2D eigenvalue weighted by atomic mass is 35.5. The van der Waals surface area contributed by atoms with Crippen LogP contribution in [0, 0.1) is 0 Å². The van der Waals surface area contributed by atoms with Gasteiger partial charge in [0.05, 0.1) is 24.8 Å². The summed E-state index contributed by atoms with van der Waals surface area (Å²) in [4.78, 5) is 29.9. The van der Waals surface area contributed by atoms with E-state index in [1.165, 1.54) is 37.3 Å². The molecule has 0 fully saturated rings. The molecule has 0 aliphatic carbocycles. The van der Waals surface area contributed by atoms with E-state index in [2.05, 4.69) is 5.32 Å². The number of rotatable bonds is 15. The van der Waals surface area contributed by atoms with E-state index in [0.29, 0.717) is 22.8 Å². The topological polar surface area (TPSA) is 105 Å². The van der Waals surface area contributed by atoms with Gasteiger partial charge in [-0.05, 0) is 60.9 Å². The van der Waals surface area contributed by atoms with E-state index in [4.69, 9.17) is 21.1 Å². The summed E-state index contributed by atoms with van der Waals surface area (Å²) >= 11 is 6.32. The number of hydrogen-bond donors (Lipinski definition) is 1. The fraction of sp³-hybridized carbons (Fsp3) is 0.278. The summed E-state index contributed by atoms with van der Waals surface area (Å²) in [6.07, 6.45) is 0.903. The Morgan fingerprint density at radius 1 is 0.830 bits per heavy atom. The predicted octanol–water partition coefficient (Wildman–Crippen LogP) is 6.11. The monoisotopic (exact) mass is 677 g/mol. The number of halogens is 1. The van der Waals surface area contributed by atoms with Crippen molar-refractivity contribution >= 4 is 39.1 Å². The highest BCUT2D eigenvalue weighted by Crippen LogP contribution is 2.32. The third-order valence-corrected chi connectivity index (χ3v) is 9.79. The average Bonchev–Trinajstić information content (AvgIpc) is 3.08. The lowest BCUT2D eigenvalue weighted by atomic mass is 10.0. The van der Waals surface area contributed by atoms with Crippen LogP contribution in [0.15, 0.2) is 108 Å². The molecule has 4 aromatic rings. The molecule has 47 heavy (non-hydrogen) atoms. The van der Waals surface area contributed by atoms with Gasteiger partial charge in [0.1, 0.15) is 12.6 Å². The molecular weight excluding hydrogens is 638 g/mol. The third kappa shape index (κ3) is 9.05. The van der Waals surface area contributed by atoms with Crippen LogP contribution in [-0.2, 0) is 32.6 Å². The van der Waals surface area contributed by atoms with Crippen LogP contribution in [0.4, 0.5) is 5.69 Å². The molecular formula is C36H40ClN3O6S. The molecule has 1 N–H and O–H groups in total. The number of sulfonamides is 1. The zero-order valence-corrected chi connectivity index (χ0v) is 28.5. The predicted molar refractivity (Wildman–Crippen MR) is 184 cm³/mol. The van der Waals surface area contributed by atoms with E-state index in [-0.39, 0.29) is 41.2 Å². The summed E-state index contributed by atoms with van der Waals surface area (Å²) in [5.74, 6) is -0.330. The number of para-hydroxylation sites is 1. The molecule has 0 spiro atoms. The number of amides is 2. The second-order valence-corrected chi connectivity index (χ2v) is 13.3. The van der Waals surface area contributed by atoms with Crippen molar-refractivity contribution in [1.29, 1.82) is 0 Å². The Labute approximate surface area is 282 Å². The first-order chi connectivity index (χ1) is 22.6. The molecule has 11 heteroatoms. The minimum atomic E-state index is -4.32. The number of methoxy groups -OCH3 is 2. The first-order valence-electron chi connectivity index (χ1n) is 15.2. The summed E-state index contributed by atoms with van der Waals surface area (Å²) in [5, 5.41) is 3.50. The van der Waals surface area contributed by atoms with E-state index >= 15 is 0 Å². The van der Waals surface area contributed by atoms with E-state index in [1.807, 2.05) is 50.2 Å². The van der Waals surface area contributed by atoms with Crippen LogP contribution in [-0.4, -0.2) is 58.0 Å². The molecule has 0 radical (unpaired) electrons. The maximum Gasteiger partial charge on any atom is 0.264 e. The average molecular weight is 678 g/mol. The van der Waals surface area contributed by atoms with Crippen LogP contribution in [0.25, 0.3) is 0 Å². The van der Waals surface area contributed by atoms with Gasteiger partial charge in [-0.1, -0.05) is 79.2 Å². The lowest BCUT2D eigenvalue weighted by molar-refractivity contribution is -0.140. The first-order valence-corrected chi connectivity index (χ1v) is 17.1. The molecule has 4 rings (SSSR count). The quantitative estimate of drug-likeness (QED) is 0.163.